The van der Waals surface area contributed by atoms with Crippen LogP contribution in [0, 0.1) is 33.1 Å². The zero-order valence-electron chi connectivity index (χ0n) is 10.5. The molecule has 0 saturated carbocycles. The topological polar surface area (TPSA) is 76.2 Å². The first-order valence-electron chi connectivity index (χ1n) is 5.76. The summed E-state index contributed by atoms with van der Waals surface area (Å²) >= 11 is 0. The zero-order chi connectivity index (χ0) is 15.4. The van der Waals surface area contributed by atoms with Crippen LogP contribution in [-0.4, -0.2) is 4.92 Å². The fourth-order valence-electron chi connectivity index (χ4n) is 1.71. The largest absolute Gasteiger partial charge is 0.482 e. The number of benzene rings is 2. The van der Waals surface area contributed by atoms with Crippen LogP contribution in [0.5, 0.6) is 5.75 Å². The fraction of sp³-hybridized carbons (Fsp3) is 0.0714. The monoisotopic (exact) mass is 290 g/mol. The predicted octanol–water partition coefficient (Wildman–Crippen LogP) is 3.32. The van der Waals surface area contributed by atoms with Crippen LogP contribution in [0.25, 0.3) is 0 Å². The lowest BCUT2D eigenvalue weighted by atomic mass is 10.1. The highest BCUT2D eigenvalue weighted by atomic mass is 19.1. The van der Waals surface area contributed by atoms with Crippen LogP contribution in [0.3, 0.4) is 0 Å². The molecule has 0 bridgehead atoms. The summed E-state index contributed by atoms with van der Waals surface area (Å²) in [6, 6.07) is 8.15. The van der Waals surface area contributed by atoms with Crippen molar-refractivity contribution in [1.82, 2.24) is 0 Å². The molecule has 0 unspecified atom stereocenters. The Morgan fingerprint density at radius 1 is 1.19 bits per heavy atom. The first-order chi connectivity index (χ1) is 9.99. The van der Waals surface area contributed by atoms with Crippen LogP contribution in [0.1, 0.15) is 11.1 Å². The molecule has 0 N–H and O–H groups in total. The minimum Gasteiger partial charge on any atom is -0.482 e. The van der Waals surface area contributed by atoms with E-state index in [4.69, 9.17) is 10.00 Å². The van der Waals surface area contributed by atoms with Gasteiger partial charge >= 0.3 is 5.69 Å². The zero-order valence-corrected chi connectivity index (χ0v) is 10.5. The smallest absolute Gasteiger partial charge is 0.311 e. The molecule has 21 heavy (non-hydrogen) atoms. The maximum atomic E-state index is 13.2. The summed E-state index contributed by atoms with van der Waals surface area (Å²) in [5.41, 5.74) is 0.0146. The Bertz CT molecular complexity index is 741. The van der Waals surface area contributed by atoms with E-state index in [9.17, 15) is 18.9 Å². The second kappa shape index (κ2) is 5.96. The lowest BCUT2D eigenvalue weighted by molar-refractivity contribution is -0.386. The molecule has 0 aromatic heterocycles. The number of ether oxygens (including phenoxy) is 1. The van der Waals surface area contributed by atoms with Gasteiger partial charge in [0.25, 0.3) is 0 Å². The highest BCUT2D eigenvalue weighted by Gasteiger charge is 2.16. The van der Waals surface area contributed by atoms with Crippen LogP contribution in [-0.2, 0) is 6.61 Å². The number of rotatable bonds is 4. The lowest BCUT2D eigenvalue weighted by Crippen LogP contribution is -2.00. The Morgan fingerprint density at radius 2 is 1.95 bits per heavy atom. The summed E-state index contributed by atoms with van der Waals surface area (Å²) in [7, 11) is 0. The highest BCUT2D eigenvalue weighted by Crippen LogP contribution is 2.28. The van der Waals surface area contributed by atoms with E-state index in [2.05, 4.69) is 0 Å². The second-order valence-electron chi connectivity index (χ2n) is 4.12. The summed E-state index contributed by atoms with van der Waals surface area (Å²) in [5, 5.41) is 19.5. The minimum atomic E-state index is -0.707. The fourth-order valence-corrected chi connectivity index (χ4v) is 1.71. The number of nitro groups is 1. The minimum absolute atomic E-state index is 0.0994. The highest BCUT2D eigenvalue weighted by molar-refractivity contribution is 5.46. The standard InChI is InChI=1S/C14H8F2N2O3/c15-11-1-2-13(18(19)20)14(6-11)21-8-10-3-9(7-17)4-12(16)5-10/h1-6H,8H2. The average molecular weight is 290 g/mol. The maximum Gasteiger partial charge on any atom is 0.311 e. The van der Waals surface area contributed by atoms with Crippen molar-refractivity contribution >= 4 is 5.69 Å². The van der Waals surface area contributed by atoms with Gasteiger partial charge in [-0.25, -0.2) is 8.78 Å². The maximum absolute atomic E-state index is 13.2. The van der Waals surface area contributed by atoms with E-state index in [0.717, 1.165) is 30.3 Å². The molecule has 0 heterocycles. The SMILES string of the molecule is N#Cc1cc(F)cc(COc2cc(F)ccc2[N+](=O)[O-])c1. The van der Waals surface area contributed by atoms with E-state index >= 15 is 0 Å². The summed E-state index contributed by atoms with van der Waals surface area (Å²) in [5.74, 6) is -1.57. The van der Waals surface area contributed by atoms with Gasteiger partial charge in [0.05, 0.1) is 16.6 Å². The number of halogens is 2. The molecule has 2 aromatic carbocycles. The molecular formula is C14H8F2N2O3. The van der Waals surface area contributed by atoms with Gasteiger partial charge in [-0.2, -0.15) is 5.26 Å². The molecule has 0 saturated heterocycles. The molecule has 0 fully saturated rings. The normalized spacial score (nSPS) is 9.95. The molecule has 0 amide bonds. The molecule has 5 nitrogen and oxygen atoms in total. The number of nitrogens with zero attached hydrogens (tertiary/aromatic N) is 2. The van der Waals surface area contributed by atoms with E-state index in [-0.39, 0.29) is 17.9 Å². The molecule has 0 spiro atoms. The molecule has 0 aliphatic rings. The van der Waals surface area contributed by atoms with Crippen LogP contribution in [0.4, 0.5) is 14.5 Å². The molecule has 106 valence electrons. The quantitative estimate of drug-likeness (QED) is 0.639. The van der Waals surface area contributed by atoms with Crippen molar-refractivity contribution in [3.05, 3.63) is 69.3 Å². The Balaban J connectivity index is 2.24. The third-order valence-corrected chi connectivity index (χ3v) is 2.60. The first-order valence-corrected chi connectivity index (χ1v) is 5.76. The second-order valence-corrected chi connectivity index (χ2v) is 4.12. The van der Waals surface area contributed by atoms with Crippen molar-refractivity contribution in [2.24, 2.45) is 0 Å². The summed E-state index contributed by atoms with van der Waals surface area (Å²) < 4.78 is 31.5. The summed E-state index contributed by atoms with van der Waals surface area (Å²) in [6.07, 6.45) is 0. The Labute approximate surface area is 118 Å². The third-order valence-electron chi connectivity index (χ3n) is 2.60. The van der Waals surface area contributed by atoms with Crippen molar-refractivity contribution in [1.29, 1.82) is 5.26 Å². The van der Waals surface area contributed by atoms with Gasteiger partial charge in [0.2, 0.25) is 0 Å². The molecule has 2 rings (SSSR count). The molecule has 0 atom stereocenters. The van der Waals surface area contributed by atoms with Crippen molar-refractivity contribution in [3.8, 4) is 11.8 Å². The van der Waals surface area contributed by atoms with E-state index < -0.39 is 22.2 Å². The first kappa shape index (κ1) is 14.4. The van der Waals surface area contributed by atoms with Crippen LogP contribution in [0.15, 0.2) is 36.4 Å². The van der Waals surface area contributed by atoms with Gasteiger partial charge in [-0.3, -0.25) is 10.1 Å². The summed E-state index contributed by atoms with van der Waals surface area (Å²) in [6.45, 7) is -0.225. The molecular weight excluding hydrogens is 282 g/mol. The lowest BCUT2D eigenvalue weighted by Gasteiger charge is -2.07. The molecule has 0 aliphatic heterocycles. The van der Waals surface area contributed by atoms with Gasteiger partial charge in [0.15, 0.2) is 5.75 Å². The van der Waals surface area contributed by atoms with Gasteiger partial charge in [0, 0.05) is 12.1 Å². The van der Waals surface area contributed by atoms with Crippen molar-refractivity contribution in [3.63, 3.8) is 0 Å². The average Bonchev–Trinajstić information content (AvgIpc) is 2.44. The van der Waals surface area contributed by atoms with Gasteiger partial charge in [-0.15, -0.1) is 0 Å². The Kier molecular flexibility index (Phi) is 4.09. The van der Waals surface area contributed by atoms with Gasteiger partial charge in [0.1, 0.15) is 18.2 Å². The van der Waals surface area contributed by atoms with Crippen molar-refractivity contribution in [2.75, 3.05) is 0 Å². The van der Waals surface area contributed by atoms with Crippen LogP contribution >= 0.6 is 0 Å². The Hall–Kier alpha value is -3.01. The molecule has 2 aromatic rings. The predicted molar refractivity (Wildman–Crippen MR) is 68.5 cm³/mol. The Morgan fingerprint density at radius 3 is 2.62 bits per heavy atom. The van der Waals surface area contributed by atoms with Crippen molar-refractivity contribution < 1.29 is 18.4 Å². The van der Waals surface area contributed by atoms with Crippen LogP contribution in [0.2, 0.25) is 0 Å². The molecule has 7 heteroatoms. The van der Waals surface area contributed by atoms with Crippen molar-refractivity contribution in [2.45, 2.75) is 6.61 Å². The number of nitriles is 1. The molecule has 0 radical (unpaired) electrons. The molecule has 0 aliphatic carbocycles. The van der Waals surface area contributed by atoms with E-state index in [1.54, 1.807) is 6.07 Å². The number of hydrogen-bond acceptors (Lipinski definition) is 4. The van der Waals surface area contributed by atoms with Gasteiger partial charge < -0.3 is 4.74 Å². The van der Waals surface area contributed by atoms with E-state index in [1.807, 2.05) is 0 Å². The van der Waals surface area contributed by atoms with Gasteiger partial charge in [-0.05, 0) is 29.8 Å². The van der Waals surface area contributed by atoms with Gasteiger partial charge in [-0.1, -0.05) is 0 Å². The van der Waals surface area contributed by atoms with E-state index in [1.165, 1.54) is 6.07 Å². The summed E-state index contributed by atoms with van der Waals surface area (Å²) in [4.78, 5) is 10.1. The number of hydrogen-bond donors (Lipinski definition) is 0. The van der Waals surface area contributed by atoms with Crippen LogP contribution < -0.4 is 4.74 Å². The van der Waals surface area contributed by atoms with E-state index in [0.29, 0.717) is 5.56 Å². The third kappa shape index (κ3) is 3.51. The number of nitro benzene ring substituents is 1.